The maximum absolute atomic E-state index is 13.0. The fourth-order valence-electron chi connectivity index (χ4n) is 7.04. The number of nitrogens with zero attached hydrogens (tertiary/aromatic N) is 2. The topological polar surface area (TPSA) is 53.2 Å². The molecule has 6 aromatic carbocycles. The highest BCUT2D eigenvalue weighted by molar-refractivity contribution is 6.11. The lowest BCUT2D eigenvalue weighted by atomic mass is 9.84. The Labute approximate surface area is 291 Å². The van der Waals surface area contributed by atoms with Gasteiger partial charge in [0.1, 0.15) is 5.78 Å². The highest BCUT2D eigenvalue weighted by Gasteiger charge is 2.25. The second-order valence-corrected chi connectivity index (χ2v) is 13.6. The number of carbonyl (C=O) groups excluding carboxylic acids is 2. The molecule has 0 fully saturated rings. The zero-order valence-corrected chi connectivity index (χ0v) is 28.5. The van der Waals surface area contributed by atoms with Crippen LogP contribution >= 0.6 is 0 Å². The second kappa shape index (κ2) is 12.5. The molecule has 5 heteroatoms. The minimum absolute atomic E-state index is 0.0795. The minimum Gasteiger partial charge on any atom is -0.462 e. The van der Waals surface area contributed by atoms with E-state index in [1.807, 2.05) is 51.1 Å². The van der Waals surface area contributed by atoms with Crippen molar-refractivity contribution in [2.45, 2.75) is 33.6 Å². The van der Waals surface area contributed by atoms with Gasteiger partial charge in [-0.05, 0) is 78.2 Å². The summed E-state index contributed by atoms with van der Waals surface area (Å²) in [5, 5.41) is 4.54. The Morgan fingerprint density at radius 2 is 1.00 bits per heavy atom. The molecule has 0 amide bonds. The molecule has 5 nitrogen and oxygen atoms in total. The number of hydrogen-bond donors (Lipinski definition) is 0. The summed E-state index contributed by atoms with van der Waals surface area (Å²) in [7, 11) is 0. The third kappa shape index (κ3) is 5.36. The molecule has 50 heavy (non-hydrogen) atoms. The van der Waals surface area contributed by atoms with Gasteiger partial charge in [-0.3, -0.25) is 4.79 Å². The van der Waals surface area contributed by atoms with Crippen LogP contribution in [-0.2, 0) is 9.53 Å². The fraction of sp³-hybridized carbons (Fsp3) is 0.156. The summed E-state index contributed by atoms with van der Waals surface area (Å²) >= 11 is 0. The predicted octanol–water partition coefficient (Wildman–Crippen LogP) is 11.1. The number of ketones is 1. The van der Waals surface area contributed by atoms with Gasteiger partial charge in [0.25, 0.3) is 0 Å². The summed E-state index contributed by atoms with van der Waals surface area (Å²) in [6.45, 7) is 5.94. The van der Waals surface area contributed by atoms with Crippen LogP contribution in [0.4, 0.5) is 0 Å². The van der Waals surface area contributed by atoms with E-state index in [0.717, 1.165) is 50.7 Å². The number of aromatic nitrogens is 2. The highest BCUT2D eigenvalue weighted by Crippen LogP contribution is 2.35. The molecule has 246 valence electrons. The van der Waals surface area contributed by atoms with Gasteiger partial charge in [-0.15, -0.1) is 0 Å². The number of carbonyl (C=O) groups is 2. The van der Waals surface area contributed by atoms with Crippen molar-refractivity contribution in [1.29, 1.82) is 0 Å². The number of para-hydroxylation sites is 3. The molecule has 0 bridgehead atoms. The van der Waals surface area contributed by atoms with Crippen molar-refractivity contribution in [3.63, 3.8) is 0 Å². The Hall–Kier alpha value is -5.94. The normalized spacial score (nSPS) is 11.9. The third-order valence-corrected chi connectivity index (χ3v) is 10.3. The van der Waals surface area contributed by atoms with Gasteiger partial charge in [-0.2, -0.15) is 0 Å². The first-order valence-corrected chi connectivity index (χ1v) is 17.3. The fourth-order valence-corrected chi connectivity index (χ4v) is 7.04. The summed E-state index contributed by atoms with van der Waals surface area (Å²) in [4.78, 5) is 25.6. The van der Waals surface area contributed by atoms with E-state index in [0.29, 0.717) is 5.56 Å². The van der Waals surface area contributed by atoms with Crippen LogP contribution in [0.15, 0.2) is 140 Å². The van der Waals surface area contributed by atoms with Crippen LogP contribution in [0, 0.1) is 5.41 Å². The Kier molecular flexibility index (Phi) is 7.83. The zero-order chi connectivity index (χ0) is 34.4. The lowest BCUT2D eigenvalue weighted by Gasteiger charge is -2.20. The minimum atomic E-state index is -0.417. The van der Waals surface area contributed by atoms with Crippen LogP contribution < -0.4 is 0 Å². The number of Topliss-reactive ketones (excluding diaryl/α,β-unsaturated/α-hetero) is 1. The standard InChI is InChI=1S/C45H38N2O3/c1-4-45(2,3)43(48)27-28-50-44(49)32-21-26-42-38(29-32)37-13-7-10-16-41(37)47(42)34-24-19-31(20-25-34)30-17-22-33(23-18-30)46-39-14-8-5-11-35(39)36-12-6-9-15-40(36)46/h5-26,29H,4,27-28H2,1-3H3. The van der Waals surface area contributed by atoms with Crippen LogP contribution in [0.1, 0.15) is 44.0 Å². The number of esters is 1. The van der Waals surface area contributed by atoms with E-state index in [9.17, 15) is 9.59 Å². The summed E-state index contributed by atoms with van der Waals surface area (Å²) in [5.41, 5.74) is 8.97. The molecule has 0 aliphatic heterocycles. The number of rotatable bonds is 9. The van der Waals surface area contributed by atoms with Crippen LogP contribution in [0.3, 0.4) is 0 Å². The van der Waals surface area contributed by atoms with Crippen molar-refractivity contribution in [3.8, 4) is 22.5 Å². The van der Waals surface area contributed by atoms with Crippen molar-refractivity contribution < 1.29 is 14.3 Å². The SMILES string of the molecule is CCC(C)(C)C(=O)CCOC(=O)c1ccc2c(c1)c1ccccc1n2-c1ccc(-c2ccc(-n3c4ccccc4c4ccccc43)cc2)cc1. The molecule has 2 heterocycles. The van der Waals surface area contributed by atoms with Gasteiger partial charge in [-0.1, -0.05) is 99.6 Å². The van der Waals surface area contributed by atoms with Gasteiger partial charge in [0, 0.05) is 44.8 Å². The Bertz CT molecular complexity index is 2500. The predicted molar refractivity (Wildman–Crippen MR) is 205 cm³/mol. The molecular weight excluding hydrogens is 617 g/mol. The molecule has 0 saturated heterocycles. The molecular formula is C45H38N2O3. The number of ether oxygens (including phenoxy) is 1. The third-order valence-electron chi connectivity index (χ3n) is 10.3. The van der Waals surface area contributed by atoms with Crippen molar-refractivity contribution >= 4 is 55.4 Å². The van der Waals surface area contributed by atoms with E-state index in [4.69, 9.17) is 4.74 Å². The lowest BCUT2D eigenvalue weighted by Crippen LogP contribution is -2.24. The molecule has 0 aliphatic rings. The Balaban J connectivity index is 1.07. The average Bonchev–Trinajstić information content (AvgIpc) is 3.67. The van der Waals surface area contributed by atoms with E-state index in [2.05, 4.69) is 118 Å². The van der Waals surface area contributed by atoms with E-state index in [1.165, 1.54) is 21.8 Å². The molecule has 2 aromatic heterocycles. The van der Waals surface area contributed by atoms with Crippen molar-refractivity contribution in [3.05, 3.63) is 145 Å². The first-order chi connectivity index (χ1) is 24.3. The van der Waals surface area contributed by atoms with Gasteiger partial charge in [0.05, 0.1) is 34.2 Å². The Morgan fingerprint density at radius 1 is 0.560 bits per heavy atom. The van der Waals surface area contributed by atoms with Crippen molar-refractivity contribution in [2.75, 3.05) is 6.61 Å². The largest absolute Gasteiger partial charge is 0.462 e. The van der Waals surface area contributed by atoms with Gasteiger partial charge < -0.3 is 13.9 Å². The van der Waals surface area contributed by atoms with Gasteiger partial charge >= 0.3 is 5.97 Å². The number of fused-ring (bicyclic) bond motifs is 6. The van der Waals surface area contributed by atoms with E-state index >= 15 is 0 Å². The highest BCUT2D eigenvalue weighted by atomic mass is 16.5. The molecule has 0 N–H and O–H groups in total. The molecule has 0 aliphatic carbocycles. The molecule has 8 rings (SSSR count). The second-order valence-electron chi connectivity index (χ2n) is 13.6. The Morgan fingerprint density at radius 3 is 1.48 bits per heavy atom. The number of benzene rings is 6. The monoisotopic (exact) mass is 654 g/mol. The van der Waals surface area contributed by atoms with E-state index < -0.39 is 11.4 Å². The first kappa shape index (κ1) is 31.3. The summed E-state index contributed by atoms with van der Waals surface area (Å²) in [6.07, 6.45) is 0.969. The average molecular weight is 655 g/mol. The van der Waals surface area contributed by atoms with Crippen molar-refractivity contribution in [2.24, 2.45) is 5.41 Å². The number of hydrogen-bond acceptors (Lipinski definition) is 3. The quantitative estimate of drug-likeness (QED) is 0.146. The van der Waals surface area contributed by atoms with Crippen LogP contribution in [0.2, 0.25) is 0 Å². The smallest absolute Gasteiger partial charge is 0.338 e. The summed E-state index contributed by atoms with van der Waals surface area (Å²) < 4.78 is 10.1. The van der Waals surface area contributed by atoms with Gasteiger partial charge in [0.15, 0.2) is 0 Å². The van der Waals surface area contributed by atoms with Crippen LogP contribution in [-0.4, -0.2) is 27.5 Å². The first-order valence-electron chi connectivity index (χ1n) is 17.3. The maximum atomic E-state index is 13.0. The van der Waals surface area contributed by atoms with E-state index in [-0.39, 0.29) is 18.8 Å². The summed E-state index contributed by atoms with van der Waals surface area (Å²) in [6, 6.07) is 48.5. The molecule has 0 radical (unpaired) electrons. The van der Waals surface area contributed by atoms with Crippen LogP contribution in [0.5, 0.6) is 0 Å². The maximum Gasteiger partial charge on any atom is 0.338 e. The molecule has 0 atom stereocenters. The van der Waals surface area contributed by atoms with Gasteiger partial charge in [-0.25, -0.2) is 4.79 Å². The molecule has 0 unspecified atom stereocenters. The molecule has 0 saturated carbocycles. The summed E-state index contributed by atoms with van der Waals surface area (Å²) in [5.74, 6) is -0.312. The van der Waals surface area contributed by atoms with Gasteiger partial charge in [0.2, 0.25) is 0 Å². The van der Waals surface area contributed by atoms with E-state index in [1.54, 1.807) is 0 Å². The zero-order valence-electron chi connectivity index (χ0n) is 28.5. The van der Waals surface area contributed by atoms with Crippen LogP contribution in [0.25, 0.3) is 66.1 Å². The lowest BCUT2D eigenvalue weighted by molar-refractivity contribution is -0.127. The molecule has 8 aromatic rings. The molecule has 0 spiro atoms. The van der Waals surface area contributed by atoms with Crippen molar-refractivity contribution in [1.82, 2.24) is 9.13 Å².